The van der Waals surface area contributed by atoms with Crippen LogP contribution in [-0.4, -0.2) is 23.5 Å². The van der Waals surface area contributed by atoms with Crippen molar-refractivity contribution < 1.29 is 19.1 Å². The smallest absolute Gasteiger partial charge is 0.312 e. The SMILES string of the molecule is O=C(CC1CCCCCC1)NCC(C(=O)O)c1ccc(F)cc1. The molecule has 1 saturated carbocycles. The van der Waals surface area contributed by atoms with E-state index in [9.17, 15) is 19.1 Å². The number of halogens is 1. The molecule has 0 saturated heterocycles. The van der Waals surface area contributed by atoms with Crippen LogP contribution in [0.5, 0.6) is 0 Å². The first-order valence-corrected chi connectivity index (χ1v) is 8.31. The van der Waals surface area contributed by atoms with Gasteiger partial charge in [-0.3, -0.25) is 9.59 Å². The number of hydrogen-bond acceptors (Lipinski definition) is 2. The Balaban J connectivity index is 1.86. The second-order valence-corrected chi connectivity index (χ2v) is 6.31. The molecule has 1 amide bonds. The molecule has 2 rings (SSSR count). The highest BCUT2D eigenvalue weighted by Gasteiger charge is 2.22. The van der Waals surface area contributed by atoms with Crippen molar-refractivity contribution in [1.29, 1.82) is 0 Å². The van der Waals surface area contributed by atoms with Gasteiger partial charge in [0.25, 0.3) is 0 Å². The molecule has 2 N–H and O–H groups in total. The van der Waals surface area contributed by atoms with Crippen LogP contribution < -0.4 is 5.32 Å². The Hall–Kier alpha value is -1.91. The van der Waals surface area contributed by atoms with E-state index >= 15 is 0 Å². The van der Waals surface area contributed by atoms with Gasteiger partial charge in [0.1, 0.15) is 5.82 Å². The Labute approximate surface area is 136 Å². The number of rotatable bonds is 6. The van der Waals surface area contributed by atoms with Crippen LogP contribution in [0.2, 0.25) is 0 Å². The molecular weight excluding hydrogens is 297 g/mol. The summed E-state index contributed by atoms with van der Waals surface area (Å²) in [6, 6.07) is 5.37. The van der Waals surface area contributed by atoms with Crippen molar-refractivity contribution in [3.8, 4) is 0 Å². The van der Waals surface area contributed by atoms with Gasteiger partial charge in [-0.05, 0) is 36.5 Å². The van der Waals surface area contributed by atoms with Crippen LogP contribution >= 0.6 is 0 Å². The molecule has 1 atom stereocenters. The molecule has 1 aromatic carbocycles. The lowest BCUT2D eigenvalue weighted by Crippen LogP contribution is -2.32. The molecule has 23 heavy (non-hydrogen) atoms. The Morgan fingerprint density at radius 2 is 1.74 bits per heavy atom. The molecule has 1 unspecified atom stereocenters. The number of aliphatic carboxylic acids is 1. The lowest BCUT2D eigenvalue weighted by atomic mass is 9.95. The van der Waals surface area contributed by atoms with Gasteiger partial charge in [0.15, 0.2) is 0 Å². The van der Waals surface area contributed by atoms with Gasteiger partial charge < -0.3 is 10.4 Å². The van der Waals surface area contributed by atoms with Crippen molar-refractivity contribution in [2.75, 3.05) is 6.54 Å². The number of hydrogen-bond donors (Lipinski definition) is 2. The zero-order valence-corrected chi connectivity index (χ0v) is 13.3. The van der Waals surface area contributed by atoms with Gasteiger partial charge in [0.05, 0.1) is 5.92 Å². The fraction of sp³-hybridized carbons (Fsp3) is 0.556. The molecule has 1 aliphatic carbocycles. The van der Waals surface area contributed by atoms with Crippen LogP contribution in [-0.2, 0) is 9.59 Å². The summed E-state index contributed by atoms with van der Waals surface area (Å²) < 4.78 is 12.9. The molecule has 0 aliphatic heterocycles. The molecule has 0 radical (unpaired) electrons. The van der Waals surface area contributed by atoms with E-state index in [1.165, 1.54) is 49.9 Å². The highest BCUT2D eigenvalue weighted by atomic mass is 19.1. The normalized spacial score (nSPS) is 17.3. The quantitative estimate of drug-likeness (QED) is 0.788. The van der Waals surface area contributed by atoms with Gasteiger partial charge in [-0.25, -0.2) is 4.39 Å². The van der Waals surface area contributed by atoms with Crippen LogP contribution in [0.3, 0.4) is 0 Å². The fourth-order valence-electron chi connectivity index (χ4n) is 3.16. The monoisotopic (exact) mass is 321 g/mol. The molecule has 1 aliphatic rings. The van der Waals surface area contributed by atoms with Crippen molar-refractivity contribution in [2.45, 2.75) is 50.9 Å². The van der Waals surface area contributed by atoms with Crippen molar-refractivity contribution in [3.63, 3.8) is 0 Å². The summed E-state index contributed by atoms with van der Waals surface area (Å²) in [5.41, 5.74) is 0.494. The number of carbonyl (C=O) groups is 2. The average Bonchev–Trinajstić information content (AvgIpc) is 2.77. The molecule has 4 nitrogen and oxygen atoms in total. The van der Waals surface area contributed by atoms with Gasteiger partial charge in [-0.1, -0.05) is 37.8 Å². The van der Waals surface area contributed by atoms with Crippen LogP contribution in [0.15, 0.2) is 24.3 Å². The molecular formula is C18H24FNO3. The van der Waals surface area contributed by atoms with E-state index in [-0.39, 0.29) is 12.5 Å². The maximum absolute atomic E-state index is 12.9. The Morgan fingerprint density at radius 1 is 1.13 bits per heavy atom. The number of carbonyl (C=O) groups excluding carboxylic acids is 1. The predicted octanol–water partition coefficient (Wildman–Crippen LogP) is 3.47. The second-order valence-electron chi connectivity index (χ2n) is 6.31. The number of nitrogens with one attached hydrogen (secondary N) is 1. The Morgan fingerprint density at radius 3 is 2.30 bits per heavy atom. The van der Waals surface area contributed by atoms with E-state index in [1.54, 1.807) is 0 Å². The number of carboxylic acid groups (broad SMARTS) is 1. The lowest BCUT2D eigenvalue weighted by Gasteiger charge is -2.16. The maximum atomic E-state index is 12.9. The van der Waals surface area contributed by atoms with Crippen molar-refractivity contribution in [2.24, 2.45) is 5.92 Å². The van der Waals surface area contributed by atoms with E-state index < -0.39 is 17.7 Å². The van der Waals surface area contributed by atoms with Crippen LogP contribution in [0, 0.1) is 11.7 Å². The summed E-state index contributed by atoms with van der Waals surface area (Å²) in [4.78, 5) is 23.5. The lowest BCUT2D eigenvalue weighted by molar-refractivity contribution is -0.138. The number of amides is 1. The summed E-state index contributed by atoms with van der Waals surface area (Å²) in [6.07, 6.45) is 7.45. The van der Waals surface area contributed by atoms with E-state index in [2.05, 4.69) is 5.32 Å². The number of carboxylic acids is 1. The summed E-state index contributed by atoms with van der Waals surface area (Å²) in [7, 11) is 0. The third-order valence-corrected chi connectivity index (χ3v) is 4.52. The minimum Gasteiger partial charge on any atom is -0.481 e. The van der Waals surface area contributed by atoms with Crippen LogP contribution in [0.4, 0.5) is 4.39 Å². The molecule has 5 heteroatoms. The summed E-state index contributed by atoms with van der Waals surface area (Å²) in [6.45, 7) is 0.0342. The van der Waals surface area contributed by atoms with Gasteiger partial charge in [-0.15, -0.1) is 0 Å². The molecule has 0 spiro atoms. The summed E-state index contributed by atoms with van der Waals surface area (Å²) >= 11 is 0. The largest absolute Gasteiger partial charge is 0.481 e. The molecule has 126 valence electrons. The Bertz CT molecular complexity index is 522. The van der Waals surface area contributed by atoms with E-state index in [0.717, 1.165) is 12.8 Å². The third-order valence-electron chi connectivity index (χ3n) is 4.52. The first-order chi connectivity index (χ1) is 11.1. The zero-order valence-electron chi connectivity index (χ0n) is 13.3. The first kappa shape index (κ1) is 17.4. The number of benzene rings is 1. The minimum absolute atomic E-state index is 0.0342. The molecule has 1 aromatic rings. The highest BCUT2D eigenvalue weighted by Crippen LogP contribution is 2.25. The topological polar surface area (TPSA) is 66.4 Å². The summed E-state index contributed by atoms with van der Waals surface area (Å²) in [5.74, 6) is -1.97. The van der Waals surface area contributed by atoms with E-state index in [0.29, 0.717) is 17.9 Å². The maximum Gasteiger partial charge on any atom is 0.312 e. The third kappa shape index (κ3) is 5.66. The van der Waals surface area contributed by atoms with Crippen molar-refractivity contribution in [3.05, 3.63) is 35.6 Å². The standard InChI is InChI=1S/C18H24FNO3/c19-15-9-7-14(8-10-15)16(18(22)23)12-20-17(21)11-13-5-3-1-2-4-6-13/h7-10,13,16H,1-6,11-12H2,(H,20,21)(H,22,23). The van der Waals surface area contributed by atoms with Gasteiger partial charge >= 0.3 is 5.97 Å². The molecule has 1 fully saturated rings. The Kier molecular flexibility index (Phi) is 6.56. The fourth-order valence-corrected chi connectivity index (χ4v) is 3.16. The van der Waals surface area contributed by atoms with Gasteiger partial charge in [-0.2, -0.15) is 0 Å². The predicted molar refractivity (Wildman–Crippen MR) is 85.6 cm³/mol. The van der Waals surface area contributed by atoms with Crippen molar-refractivity contribution in [1.82, 2.24) is 5.32 Å². The minimum atomic E-state index is -1.02. The second kappa shape index (κ2) is 8.65. The van der Waals surface area contributed by atoms with Crippen LogP contribution in [0.1, 0.15) is 56.4 Å². The first-order valence-electron chi connectivity index (χ1n) is 8.31. The van der Waals surface area contributed by atoms with Gasteiger partial charge in [0, 0.05) is 13.0 Å². The average molecular weight is 321 g/mol. The van der Waals surface area contributed by atoms with Gasteiger partial charge in [0.2, 0.25) is 5.91 Å². The summed E-state index contributed by atoms with van der Waals surface area (Å²) in [5, 5.41) is 12.1. The van der Waals surface area contributed by atoms with Crippen molar-refractivity contribution >= 4 is 11.9 Å². The zero-order chi connectivity index (χ0) is 16.7. The van der Waals surface area contributed by atoms with Crippen LogP contribution in [0.25, 0.3) is 0 Å². The molecule has 0 aromatic heterocycles. The van der Waals surface area contributed by atoms with E-state index in [1.807, 2.05) is 0 Å². The molecule has 0 heterocycles. The highest BCUT2D eigenvalue weighted by molar-refractivity contribution is 5.79. The molecule has 0 bridgehead atoms. The van der Waals surface area contributed by atoms with E-state index in [4.69, 9.17) is 0 Å².